The third kappa shape index (κ3) is 6.50. The van der Waals surface area contributed by atoms with E-state index in [2.05, 4.69) is 10.00 Å². The lowest BCUT2D eigenvalue weighted by Gasteiger charge is -2.26. The predicted octanol–water partition coefficient (Wildman–Crippen LogP) is 3.21. The summed E-state index contributed by atoms with van der Waals surface area (Å²) in [6.45, 7) is 7.79. The molecule has 0 saturated carbocycles. The van der Waals surface area contributed by atoms with Crippen LogP contribution in [0.1, 0.15) is 25.8 Å². The molecule has 0 unspecified atom stereocenters. The van der Waals surface area contributed by atoms with E-state index in [-0.39, 0.29) is 25.4 Å². The van der Waals surface area contributed by atoms with Gasteiger partial charge in [-0.05, 0) is 41.7 Å². The van der Waals surface area contributed by atoms with Crippen molar-refractivity contribution in [1.82, 2.24) is 19.2 Å². The highest BCUT2D eigenvalue weighted by atomic mass is 35.5. The number of aliphatic hydroxyl groups excluding tert-OH is 1. The first-order chi connectivity index (χ1) is 17.3. The average Bonchev–Trinajstić information content (AvgIpc) is 3.19. The van der Waals surface area contributed by atoms with Crippen molar-refractivity contribution in [3.05, 3.63) is 69.6 Å². The number of morpholine rings is 1. The molecule has 0 amide bonds. The lowest BCUT2D eigenvalue weighted by atomic mass is 9.88. The fourth-order valence-electron chi connectivity index (χ4n) is 4.29. The molecule has 1 aromatic heterocycles. The number of carbonyl (C=O) groups excluding carboxylic acids is 1. The average molecular weight is 513 g/mol. The molecule has 1 N–H and O–H groups in total. The number of halogens is 1. The topological polar surface area (TPSA) is 89.6 Å². The first kappa shape index (κ1) is 26.3. The van der Waals surface area contributed by atoms with Gasteiger partial charge in [0.1, 0.15) is 0 Å². The summed E-state index contributed by atoms with van der Waals surface area (Å²) in [7, 11) is 0. The Morgan fingerprint density at radius 3 is 2.53 bits per heavy atom. The summed E-state index contributed by atoms with van der Waals surface area (Å²) in [5, 5.41) is 14.7. The summed E-state index contributed by atoms with van der Waals surface area (Å²) >= 11 is 6.20. The Balaban J connectivity index is 1.60. The second-order valence-electron chi connectivity index (χ2n) is 10.0. The standard InChI is InChI=1S/C27H33ClN4O4/c1-27(2,19-33)17-24(34)18-31-25(21-4-3-5-22(28)16-21)29-32(26(31)35)23-8-6-20(7-9-23)10-11-30-12-14-36-15-13-30/h3-9,16,33H,10-15,17-19H2,1-2H3. The lowest BCUT2D eigenvalue weighted by molar-refractivity contribution is -0.122. The van der Waals surface area contributed by atoms with E-state index < -0.39 is 11.1 Å². The Labute approximate surface area is 216 Å². The summed E-state index contributed by atoms with van der Waals surface area (Å²) in [5.74, 6) is 0.214. The van der Waals surface area contributed by atoms with Gasteiger partial charge in [0.05, 0.1) is 25.4 Å². The zero-order valence-electron chi connectivity index (χ0n) is 20.8. The van der Waals surface area contributed by atoms with Crippen molar-refractivity contribution in [2.45, 2.75) is 33.2 Å². The van der Waals surface area contributed by atoms with Crippen LogP contribution >= 0.6 is 11.6 Å². The first-order valence-electron chi connectivity index (χ1n) is 12.2. The zero-order chi connectivity index (χ0) is 25.7. The van der Waals surface area contributed by atoms with Gasteiger partial charge < -0.3 is 9.84 Å². The molecule has 0 radical (unpaired) electrons. The summed E-state index contributed by atoms with van der Waals surface area (Å²) in [5.41, 5.74) is 1.48. The fraction of sp³-hybridized carbons (Fsp3) is 0.444. The summed E-state index contributed by atoms with van der Waals surface area (Å²) in [6, 6.07) is 14.8. The van der Waals surface area contributed by atoms with Crippen molar-refractivity contribution in [3.63, 3.8) is 0 Å². The number of rotatable bonds is 10. The van der Waals surface area contributed by atoms with Gasteiger partial charge in [-0.2, -0.15) is 4.68 Å². The van der Waals surface area contributed by atoms with E-state index >= 15 is 0 Å². The number of nitrogens with zero attached hydrogens (tertiary/aromatic N) is 4. The maximum atomic E-state index is 13.4. The molecule has 8 nitrogen and oxygen atoms in total. The number of ketones is 1. The zero-order valence-corrected chi connectivity index (χ0v) is 21.6. The SMILES string of the molecule is CC(C)(CO)CC(=O)Cn1c(-c2cccc(Cl)c2)nn(-c2ccc(CCN3CCOCC3)cc2)c1=O. The molecule has 9 heteroatoms. The van der Waals surface area contributed by atoms with Crippen LogP contribution < -0.4 is 5.69 Å². The fourth-order valence-corrected chi connectivity index (χ4v) is 4.48. The van der Waals surface area contributed by atoms with Crippen LogP contribution in [0.4, 0.5) is 0 Å². The number of benzene rings is 2. The lowest BCUT2D eigenvalue weighted by Crippen LogP contribution is -2.37. The van der Waals surface area contributed by atoms with Crippen LogP contribution in [0, 0.1) is 5.41 Å². The second kappa shape index (κ2) is 11.5. The van der Waals surface area contributed by atoms with Crippen LogP contribution in [0.15, 0.2) is 53.3 Å². The van der Waals surface area contributed by atoms with E-state index in [1.54, 1.807) is 18.2 Å². The number of carbonyl (C=O) groups is 1. The normalized spacial score (nSPS) is 14.8. The molecule has 0 bridgehead atoms. The van der Waals surface area contributed by atoms with E-state index in [0.717, 1.165) is 39.3 Å². The maximum absolute atomic E-state index is 13.4. The molecule has 0 atom stereocenters. The minimum absolute atomic E-state index is 0.119. The van der Waals surface area contributed by atoms with Crippen LogP contribution in [0.3, 0.4) is 0 Å². The van der Waals surface area contributed by atoms with E-state index in [1.807, 2.05) is 44.2 Å². The molecule has 36 heavy (non-hydrogen) atoms. The Morgan fingerprint density at radius 2 is 1.86 bits per heavy atom. The van der Waals surface area contributed by atoms with Crippen molar-refractivity contribution in [3.8, 4) is 17.1 Å². The Morgan fingerprint density at radius 1 is 1.14 bits per heavy atom. The number of hydrogen-bond acceptors (Lipinski definition) is 6. The third-order valence-corrected chi connectivity index (χ3v) is 6.62. The van der Waals surface area contributed by atoms with Gasteiger partial charge in [0.25, 0.3) is 0 Å². The van der Waals surface area contributed by atoms with Crippen molar-refractivity contribution >= 4 is 17.4 Å². The van der Waals surface area contributed by atoms with E-state index in [9.17, 15) is 14.7 Å². The molecular weight excluding hydrogens is 480 g/mol. The number of ether oxygens (including phenoxy) is 1. The molecule has 1 saturated heterocycles. The van der Waals surface area contributed by atoms with E-state index in [1.165, 1.54) is 14.8 Å². The number of hydrogen-bond donors (Lipinski definition) is 1. The van der Waals surface area contributed by atoms with Gasteiger partial charge in [-0.15, -0.1) is 5.10 Å². The van der Waals surface area contributed by atoms with Gasteiger partial charge in [0.15, 0.2) is 11.6 Å². The number of Topliss-reactive ketones (excluding diaryl/α,β-unsaturated/α-hetero) is 1. The maximum Gasteiger partial charge on any atom is 0.351 e. The predicted molar refractivity (Wildman–Crippen MR) is 140 cm³/mol. The van der Waals surface area contributed by atoms with Gasteiger partial charge in [0.2, 0.25) is 0 Å². The van der Waals surface area contributed by atoms with Crippen LogP contribution in [-0.4, -0.2) is 69.6 Å². The highest BCUT2D eigenvalue weighted by molar-refractivity contribution is 6.30. The molecule has 2 aromatic carbocycles. The summed E-state index contributed by atoms with van der Waals surface area (Å²) in [4.78, 5) is 28.7. The third-order valence-electron chi connectivity index (χ3n) is 6.38. The molecule has 4 rings (SSSR count). The minimum Gasteiger partial charge on any atom is -0.396 e. The second-order valence-corrected chi connectivity index (χ2v) is 10.5. The molecule has 1 fully saturated rings. The van der Waals surface area contributed by atoms with E-state index in [4.69, 9.17) is 16.3 Å². The molecular formula is C27H33ClN4O4. The summed E-state index contributed by atoms with van der Waals surface area (Å²) < 4.78 is 8.12. The van der Waals surface area contributed by atoms with Crippen LogP contribution in [-0.2, 0) is 22.5 Å². The van der Waals surface area contributed by atoms with E-state index in [0.29, 0.717) is 22.1 Å². The highest BCUT2D eigenvalue weighted by Crippen LogP contribution is 2.23. The molecule has 0 spiro atoms. The van der Waals surface area contributed by atoms with Gasteiger partial charge in [-0.3, -0.25) is 14.3 Å². The van der Waals surface area contributed by atoms with Crippen LogP contribution in [0.5, 0.6) is 0 Å². The Bertz CT molecular complexity index is 1240. The molecule has 192 valence electrons. The van der Waals surface area contributed by atoms with Gasteiger partial charge in [0, 0.05) is 43.2 Å². The molecule has 3 aromatic rings. The smallest absolute Gasteiger partial charge is 0.351 e. The van der Waals surface area contributed by atoms with Crippen molar-refractivity contribution in [1.29, 1.82) is 0 Å². The molecule has 2 heterocycles. The minimum atomic E-state index is -0.566. The summed E-state index contributed by atoms with van der Waals surface area (Å²) in [6.07, 6.45) is 1.06. The van der Waals surface area contributed by atoms with Crippen molar-refractivity contribution in [2.75, 3.05) is 39.5 Å². The quantitative estimate of drug-likeness (QED) is 0.448. The monoisotopic (exact) mass is 512 g/mol. The Kier molecular flexibility index (Phi) is 8.41. The molecule has 1 aliphatic rings. The van der Waals surface area contributed by atoms with Gasteiger partial charge >= 0.3 is 5.69 Å². The number of aromatic nitrogens is 3. The Hall–Kier alpha value is -2.78. The van der Waals surface area contributed by atoms with Crippen molar-refractivity contribution < 1.29 is 14.6 Å². The highest BCUT2D eigenvalue weighted by Gasteiger charge is 2.24. The van der Waals surface area contributed by atoms with Gasteiger partial charge in [-0.25, -0.2) is 4.79 Å². The van der Waals surface area contributed by atoms with Crippen LogP contribution in [0.2, 0.25) is 5.02 Å². The van der Waals surface area contributed by atoms with Crippen molar-refractivity contribution in [2.24, 2.45) is 5.41 Å². The molecule has 1 aliphatic heterocycles. The van der Waals surface area contributed by atoms with Gasteiger partial charge in [-0.1, -0.05) is 49.7 Å². The number of aliphatic hydroxyl groups is 1. The largest absolute Gasteiger partial charge is 0.396 e. The van der Waals surface area contributed by atoms with Crippen LogP contribution in [0.25, 0.3) is 17.1 Å². The first-order valence-corrected chi connectivity index (χ1v) is 12.6. The molecule has 0 aliphatic carbocycles.